The topological polar surface area (TPSA) is 53.3 Å². The Balaban J connectivity index is 1.46. The zero-order valence-electron chi connectivity index (χ0n) is 18.3. The Kier molecular flexibility index (Phi) is 5.67. The Morgan fingerprint density at radius 2 is 1.91 bits per heavy atom. The van der Waals surface area contributed by atoms with E-state index >= 15 is 0 Å². The van der Waals surface area contributed by atoms with E-state index in [0.717, 1.165) is 46.8 Å². The third-order valence-electron chi connectivity index (χ3n) is 6.47. The molecule has 1 saturated heterocycles. The van der Waals surface area contributed by atoms with E-state index in [1.54, 1.807) is 19.2 Å². The molecular weight excluding hydrogens is 425 g/mol. The van der Waals surface area contributed by atoms with Crippen LogP contribution in [-0.4, -0.2) is 45.4 Å². The van der Waals surface area contributed by atoms with Crippen LogP contribution in [0.3, 0.4) is 0 Å². The molecule has 5 nitrogen and oxygen atoms in total. The van der Waals surface area contributed by atoms with Crippen molar-refractivity contribution in [3.63, 3.8) is 0 Å². The monoisotopic (exact) mass is 451 g/mol. The average molecular weight is 452 g/mol. The molecule has 166 valence electrons. The van der Waals surface area contributed by atoms with Gasteiger partial charge in [0.2, 0.25) is 0 Å². The Morgan fingerprint density at radius 3 is 2.62 bits per heavy atom. The first-order valence-electron chi connectivity index (χ1n) is 10.8. The molecule has 2 aromatic carbocycles. The second kappa shape index (κ2) is 8.48. The van der Waals surface area contributed by atoms with Gasteiger partial charge in [-0.15, -0.1) is 4.31 Å². The number of fused-ring (bicyclic) bond motifs is 2. The fourth-order valence-electron chi connectivity index (χ4n) is 4.83. The summed E-state index contributed by atoms with van der Waals surface area (Å²) in [6.07, 6.45) is 5.68. The van der Waals surface area contributed by atoms with Gasteiger partial charge in [0, 0.05) is 19.1 Å². The lowest BCUT2D eigenvalue weighted by atomic mass is 9.69. The summed E-state index contributed by atoms with van der Waals surface area (Å²) >= 11 is -1.21. The number of ether oxygens (including phenoxy) is 1. The molecule has 5 rings (SSSR count). The zero-order chi connectivity index (χ0) is 22.3. The Bertz CT molecular complexity index is 1140. The Morgan fingerprint density at radius 1 is 1.16 bits per heavy atom. The summed E-state index contributed by atoms with van der Waals surface area (Å²) < 4.78 is 36.3. The standard InChI is InChI=1S/C25H26FN3O2S/c1-18-3-9-23(10-4-18)32(30)28-12-11-20-13-24-19(14-25(20,16-28)17-31-2)15-27-29(24)22-7-5-21(26)6-8-22/h3-10,13,15H,11-12,14,16-17H2,1-2H3/t25-,32?/m1/s1. The largest absolute Gasteiger partial charge is 0.593 e. The first kappa shape index (κ1) is 21.4. The van der Waals surface area contributed by atoms with Crippen LogP contribution in [0.5, 0.6) is 0 Å². The maximum Gasteiger partial charge on any atom is 0.174 e. The van der Waals surface area contributed by atoms with Crippen molar-refractivity contribution in [3.05, 3.63) is 82.9 Å². The van der Waals surface area contributed by atoms with Crippen molar-refractivity contribution >= 4 is 17.4 Å². The van der Waals surface area contributed by atoms with Gasteiger partial charge in [-0.3, -0.25) is 0 Å². The lowest BCUT2D eigenvalue weighted by Crippen LogP contribution is -2.51. The molecule has 2 heterocycles. The third-order valence-corrected chi connectivity index (χ3v) is 7.92. The smallest absolute Gasteiger partial charge is 0.174 e. The Labute approximate surface area is 190 Å². The van der Waals surface area contributed by atoms with Crippen molar-refractivity contribution < 1.29 is 13.7 Å². The summed E-state index contributed by atoms with van der Waals surface area (Å²) in [7, 11) is 1.72. The predicted molar refractivity (Wildman–Crippen MR) is 123 cm³/mol. The predicted octanol–water partition coefficient (Wildman–Crippen LogP) is 4.32. The third kappa shape index (κ3) is 3.79. The van der Waals surface area contributed by atoms with Crippen molar-refractivity contribution in [2.24, 2.45) is 5.41 Å². The molecule has 0 N–H and O–H groups in total. The summed E-state index contributed by atoms with van der Waals surface area (Å²) in [6, 6.07) is 14.3. The number of aromatic nitrogens is 2. The zero-order valence-corrected chi connectivity index (χ0v) is 19.1. The molecule has 1 unspecified atom stereocenters. The molecule has 7 heteroatoms. The van der Waals surface area contributed by atoms with Crippen molar-refractivity contribution in [1.29, 1.82) is 0 Å². The summed E-state index contributed by atoms with van der Waals surface area (Å²) in [6.45, 7) is 3.97. The minimum absolute atomic E-state index is 0.239. The van der Waals surface area contributed by atoms with Crippen LogP contribution in [0.1, 0.15) is 23.2 Å². The van der Waals surface area contributed by atoms with Crippen LogP contribution in [-0.2, 0) is 22.5 Å². The van der Waals surface area contributed by atoms with Gasteiger partial charge < -0.3 is 9.29 Å². The number of piperidine rings is 1. The van der Waals surface area contributed by atoms with E-state index in [0.29, 0.717) is 13.2 Å². The highest BCUT2D eigenvalue weighted by atomic mass is 32.2. The van der Waals surface area contributed by atoms with E-state index in [1.165, 1.54) is 17.7 Å². The lowest BCUT2D eigenvalue weighted by Gasteiger charge is -2.45. The van der Waals surface area contributed by atoms with Crippen LogP contribution < -0.4 is 0 Å². The van der Waals surface area contributed by atoms with E-state index < -0.39 is 11.4 Å². The van der Waals surface area contributed by atoms with Gasteiger partial charge in [-0.2, -0.15) is 5.10 Å². The van der Waals surface area contributed by atoms with Crippen LogP contribution >= 0.6 is 0 Å². The van der Waals surface area contributed by atoms with E-state index in [1.807, 2.05) is 42.1 Å². The van der Waals surface area contributed by atoms with Gasteiger partial charge >= 0.3 is 0 Å². The first-order valence-corrected chi connectivity index (χ1v) is 11.9. The second-order valence-electron chi connectivity index (χ2n) is 8.68. The summed E-state index contributed by atoms with van der Waals surface area (Å²) in [5.74, 6) is -0.263. The number of benzene rings is 2. The molecule has 1 aliphatic heterocycles. The van der Waals surface area contributed by atoms with Crippen molar-refractivity contribution in [2.75, 3.05) is 26.8 Å². The molecule has 1 aromatic heterocycles. The minimum atomic E-state index is -1.21. The number of halogens is 1. The number of nitrogens with zero attached hydrogens (tertiary/aromatic N) is 3. The Hall–Kier alpha value is -2.45. The normalized spacial score (nSPS) is 21.6. The van der Waals surface area contributed by atoms with Gasteiger partial charge in [-0.1, -0.05) is 23.3 Å². The van der Waals surface area contributed by atoms with Gasteiger partial charge in [-0.05, 0) is 67.8 Å². The number of rotatable bonds is 5. The first-order chi connectivity index (χ1) is 15.5. The number of aryl methyl sites for hydroxylation is 1. The number of hydrogen-bond donors (Lipinski definition) is 0. The van der Waals surface area contributed by atoms with Crippen molar-refractivity contribution in [3.8, 4) is 5.69 Å². The van der Waals surface area contributed by atoms with Gasteiger partial charge in [0.1, 0.15) is 5.82 Å². The molecule has 0 radical (unpaired) electrons. The minimum Gasteiger partial charge on any atom is -0.593 e. The van der Waals surface area contributed by atoms with Crippen LogP contribution in [0.15, 0.2) is 65.2 Å². The molecule has 1 aliphatic carbocycles. The lowest BCUT2D eigenvalue weighted by molar-refractivity contribution is 0.0733. The van der Waals surface area contributed by atoms with E-state index in [2.05, 4.69) is 15.5 Å². The maximum absolute atomic E-state index is 13.4. The summed E-state index contributed by atoms with van der Waals surface area (Å²) in [5, 5.41) is 4.59. The molecule has 2 atom stereocenters. The van der Waals surface area contributed by atoms with Crippen LogP contribution in [0, 0.1) is 18.2 Å². The summed E-state index contributed by atoms with van der Waals surface area (Å²) in [5.41, 5.74) is 5.21. The van der Waals surface area contributed by atoms with Gasteiger partial charge in [0.05, 0.1) is 42.1 Å². The van der Waals surface area contributed by atoms with Crippen molar-refractivity contribution in [1.82, 2.24) is 14.1 Å². The van der Waals surface area contributed by atoms with Gasteiger partial charge in [0.25, 0.3) is 0 Å². The quantitative estimate of drug-likeness (QED) is 0.542. The highest BCUT2D eigenvalue weighted by Gasteiger charge is 2.46. The van der Waals surface area contributed by atoms with Crippen molar-refractivity contribution in [2.45, 2.75) is 24.7 Å². The van der Waals surface area contributed by atoms with E-state index in [-0.39, 0.29) is 11.2 Å². The van der Waals surface area contributed by atoms with Crippen LogP contribution in [0.25, 0.3) is 11.8 Å². The summed E-state index contributed by atoms with van der Waals surface area (Å²) in [4.78, 5) is 0.830. The average Bonchev–Trinajstić information content (AvgIpc) is 3.20. The molecule has 3 aromatic rings. The van der Waals surface area contributed by atoms with E-state index in [9.17, 15) is 8.94 Å². The molecule has 2 aliphatic rings. The highest BCUT2D eigenvalue weighted by Crippen LogP contribution is 2.45. The fourth-order valence-corrected chi connectivity index (χ4v) is 6.12. The maximum atomic E-state index is 13.4. The highest BCUT2D eigenvalue weighted by molar-refractivity contribution is 7.89. The number of methoxy groups -OCH3 is 1. The molecule has 0 spiro atoms. The van der Waals surface area contributed by atoms with Gasteiger partial charge in [0.15, 0.2) is 4.90 Å². The van der Waals surface area contributed by atoms with E-state index in [4.69, 9.17) is 4.74 Å². The molecule has 0 bridgehead atoms. The molecule has 1 fully saturated rings. The van der Waals surface area contributed by atoms with Gasteiger partial charge in [-0.25, -0.2) is 9.07 Å². The molecular formula is C25H26FN3O2S. The molecule has 32 heavy (non-hydrogen) atoms. The fraction of sp³-hybridized carbons (Fsp3) is 0.320. The molecule has 0 saturated carbocycles. The molecule has 0 amide bonds. The van der Waals surface area contributed by atoms with Crippen LogP contribution in [0.4, 0.5) is 4.39 Å². The number of hydrogen-bond acceptors (Lipinski definition) is 4. The van der Waals surface area contributed by atoms with Crippen LogP contribution in [0.2, 0.25) is 0 Å². The second-order valence-corrected chi connectivity index (χ2v) is 10.2. The SMILES string of the molecule is COC[C@]12Cc3cnn(-c4ccc(F)cc4)c3C=C1CCN([S+]([O-])c1ccc(C)cc1)C2.